The van der Waals surface area contributed by atoms with Gasteiger partial charge in [-0.05, 0) is 18.6 Å². The van der Waals surface area contributed by atoms with E-state index < -0.39 is 58.4 Å². The fraction of sp³-hybridized carbons (Fsp3) is 0.667. The summed E-state index contributed by atoms with van der Waals surface area (Å²) in [5, 5.41) is 10.8. The highest BCUT2D eigenvalue weighted by Crippen LogP contribution is 2.63. The van der Waals surface area contributed by atoms with Crippen LogP contribution in [0.25, 0.3) is 0 Å². The molecule has 2 rings (SSSR count). The summed E-state index contributed by atoms with van der Waals surface area (Å²) in [4.78, 5) is 10.3. The summed E-state index contributed by atoms with van der Waals surface area (Å²) in [6.45, 7) is 0.780. The number of alkyl halides is 8. The lowest BCUT2D eigenvalue weighted by Crippen LogP contribution is -2.73. The van der Waals surface area contributed by atoms with Crippen LogP contribution < -0.4 is 5.11 Å². The molecule has 0 bridgehead atoms. The highest BCUT2D eigenvalue weighted by atomic mass is 35.5. The van der Waals surface area contributed by atoms with Crippen LogP contribution in [0.1, 0.15) is 26.2 Å². The second kappa shape index (κ2) is 7.14. The molecule has 12 heteroatoms. The highest BCUT2D eigenvalue weighted by molar-refractivity contribution is 5.88. The van der Waals surface area contributed by atoms with Gasteiger partial charge in [0.15, 0.2) is 0 Å². The number of piperidine rings is 1. The van der Waals surface area contributed by atoms with Crippen molar-refractivity contribution in [3.8, 4) is 0 Å². The van der Waals surface area contributed by atoms with Gasteiger partial charge in [0.2, 0.25) is 0 Å². The SMILES string of the molecule is CCCCCN1C2=CC=C(C(=O)[O-])C(F)(F)C2C(F)(F)C(F)(F)C1(F)F.Cl. The molecule has 1 fully saturated rings. The molecule has 0 spiro atoms. The predicted molar refractivity (Wildman–Crippen MR) is 77.9 cm³/mol. The average molecular weight is 429 g/mol. The maximum atomic E-state index is 14.3. The van der Waals surface area contributed by atoms with Gasteiger partial charge in [0.25, 0.3) is 5.92 Å². The van der Waals surface area contributed by atoms with Crippen LogP contribution in [0.15, 0.2) is 23.4 Å². The van der Waals surface area contributed by atoms with E-state index in [1.165, 1.54) is 0 Å². The van der Waals surface area contributed by atoms with Crippen LogP contribution in [0.5, 0.6) is 0 Å². The molecular weight excluding hydrogens is 414 g/mol. The minimum Gasteiger partial charge on any atom is -0.545 e. The van der Waals surface area contributed by atoms with Crippen molar-refractivity contribution in [1.82, 2.24) is 4.90 Å². The molecular formula is C15H15ClF8NO2-. The zero-order chi connectivity index (χ0) is 20.1. The Morgan fingerprint density at radius 2 is 1.63 bits per heavy atom. The normalized spacial score (nSPS) is 27.0. The Hall–Kier alpha value is -1.52. The number of nitrogens with zero attached hydrogens (tertiary/aromatic N) is 1. The number of hydrogen-bond acceptors (Lipinski definition) is 3. The molecule has 1 heterocycles. The molecule has 1 atom stereocenters. The first kappa shape index (κ1) is 23.5. The monoisotopic (exact) mass is 428 g/mol. The largest absolute Gasteiger partial charge is 0.545 e. The molecule has 2 aliphatic rings. The predicted octanol–water partition coefficient (Wildman–Crippen LogP) is 3.60. The van der Waals surface area contributed by atoms with Crippen molar-refractivity contribution in [1.29, 1.82) is 0 Å². The number of unbranched alkanes of at least 4 members (excludes halogenated alkanes) is 2. The smallest absolute Gasteiger partial charge is 0.394 e. The van der Waals surface area contributed by atoms with E-state index in [9.17, 15) is 45.0 Å². The minimum atomic E-state index is -6.15. The molecule has 1 unspecified atom stereocenters. The van der Waals surface area contributed by atoms with Crippen molar-refractivity contribution < 1.29 is 45.0 Å². The first-order valence-corrected chi connectivity index (χ1v) is 7.67. The first-order valence-electron chi connectivity index (χ1n) is 7.67. The zero-order valence-corrected chi connectivity index (χ0v) is 14.6. The fourth-order valence-corrected chi connectivity index (χ4v) is 3.08. The summed E-state index contributed by atoms with van der Waals surface area (Å²) >= 11 is 0. The lowest BCUT2D eigenvalue weighted by atomic mass is 9.75. The molecule has 3 nitrogen and oxygen atoms in total. The Bertz CT molecular complexity index is 662. The number of halogens is 9. The molecule has 1 saturated heterocycles. The third kappa shape index (κ3) is 3.17. The highest BCUT2D eigenvalue weighted by Gasteiger charge is 2.84. The third-order valence-corrected chi connectivity index (χ3v) is 4.45. The van der Waals surface area contributed by atoms with Gasteiger partial charge in [-0.1, -0.05) is 19.8 Å². The van der Waals surface area contributed by atoms with E-state index in [-0.39, 0.29) is 37.4 Å². The Kier molecular flexibility index (Phi) is 6.22. The van der Waals surface area contributed by atoms with Crippen molar-refractivity contribution in [3.05, 3.63) is 23.4 Å². The maximum Gasteiger partial charge on any atom is 0.394 e. The molecule has 0 N–H and O–H groups in total. The minimum absolute atomic E-state index is 0. The van der Waals surface area contributed by atoms with Crippen molar-refractivity contribution in [2.75, 3.05) is 6.54 Å². The second-order valence-corrected chi connectivity index (χ2v) is 6.11. The van der Waals surface area contributed by atoms with Gasteiger partial charge in [-0.15, -0.1) is 12.4 Å². The number of hydrogen-bond donors (Lipinski definition) is 0. The quantitative estimate of drug-likeness (QED) is 0.382. The lowest BCUT2D eigenvalue weighted by molar-refractivity contribution is -0.394. The Labute approximate surface area is 155 Å². The Morgan fingerprint density at radius 3 is 2.11 bits per heavy atom. The summed E-state index contributed by atoms with van der Waals surface area (Å²) in [5.74, 6) is -23.4. The molecule has 156 valence electrons. The van der Waals surface area contributed by atoms with E-state index in [1.807, 2.05) is 0 Å². The van der Waals surface area contributed by atoms with Crippen molar-refractivity contribution in [3.63, 3.8) is 0 Å². The average Bonchev–Trinajstić information content (AvgIpc) is 2.48. The molecule has 1 aliphatic carbocycles. The van der Waals surface area contributed by atoms with Crippen LogP contribution in [-0.4, -0.2) is 41.2 Å². The number of carboxylic acids is 1. The topological polar surface area (TPSA) is 43.4 Å². The Morgan fingerprint density at radius 1 is 1.07 bits per heavy atom. The molecule has 27 heavy (non-hydrogen) atoms. The van der Waals surface area contributed by atoms with Crippen molar-refractivity contribution in [2.24, 2.45) is 5.92 Å². The number of carbonyl (C=O) groups excluding carboxylic acids is 1. The van der Waals surface area contributed by atoms with Crippen LogP contribution in [0.4, 0.5) is 35.1 Å². The van der Waals surface area contributed by atoms with Crippen LogP contribution in [0, 0.1) is 5.92 Å². The lowest BCUT2D eigenvalue weighted by Gasteiger charge is -2.53. The van der Waals surface area contributed by atoms with Gasteiger partial charge in [-0.2, -0.15) is 26.3 Å². The molecule has 0 aromatic heterocycles. The van der Waals surface area contributed by atoms with Gasteiger partial charge in [0.1, 0.15) is 5.92 Å². The van der Waals surface area contributed by atoms with E-state index in [4.69, 9.17) is 0 Å². The van der Waals surface area contributed by atoms with Crippen molar-refractivity contribution >= 4 is 18.4 Å². The standard InChI is InChI=1S/C15H15F8NO2.ClH/c1-2-3-4-7-24-9-6-5-8(11(25)26)12(16,17)10(9)13(18,19)14(20,21)15(24,22)23;/h5-6,10H,2-4,7H2,1H3,(H,25,26);1H/p-1. The number of likely N-dealkylation sites (tertiary alicyclic amines) is 1. The molecule has 0 radical (unpaired) electrons. The van der Waals surface area contributed by atoms with Gasteiger partial charge >= 0.3 is 17.9 Å². The fourth-order valence-electron chi connectivity index (χ4n) is 3.08. The van der Waals surface area contributed by atoms with Crippen LogP contribution >= 0.6 is 12.4 Å². The number of rotatable bonds is 5. The van der Waals surface area contributed by atoms with Crippen LogP contribution in [0.2, 0.25) is 0 Å². The van der Waals surface area contributed by atoms with Gasteiger partial charge in [-0.25, -0.2) is 8.78 Å². The van der Waals surface area contributed by atoms with Crippen LogP contribution in [-0.2, 0) is 4.79 Å². The molecule has 0 aromatic rings. The number of carbonyl (C=O) groups is 1. The number of carboxylic acid groups (broad SMARTS) is 1. The second-order valence-electron chi connectivity index (χ2n) is 6.11. The van der Waals surface area contributed by atoms with Gasteiger partial charge in [-0.3, -0.25) is 0 Å². The number of fused-ring (bicyclic) bond motifs is 1. The van der Waals surface area contributed by atoms with E-state index in [1.54, 1.807) is 6.92 Å². The number of aliphatic carboxylic acids is 1. The van der Waals surface area contributed by atoms with E-state index in [0.717, 1.165) is 0 Å². The van der Waals surface area contributed by atoms with E-state index in [2.05, 4.69) is 0 Å². The molecule has 1 aliphatic heterocycles. The van der Waals surface area contributed by atoms with Gasteiger partial charge in [0.05, 0.1) is 5.97 Å². The summed E-state index contributed by atoms with van der Waals surface area (Å²) in [6, 6.07) is -5.44. The van der Waals surface area contributed by atoms with Crippen LogP contribution in [0.3, 0.4) is 0 Å². The molecule has 0 amide bonds. The van der Waals surface area contributed by atoms with Crippen molar-refractivity contribution in [2.45, 2.75) is 50.0 Å². The van der Waals surface area contributed by atoms with Gasteiger partial charge < -0.3 is 14.8 Å². The van der Waals surface area contributed by atoms with Gasteiger partial charge in [0, 0.05) is 17.8 Å². The summed E-state index contributed by atoms with van der Waals surface area (Å²) in [7, 11) is 0. The van der Waals surface area contributed by atoms with E-state index in [0.29, 0.717) is 6.42 Å². The summed E-state index contributed by atoms with van der Waals surface area (Å²) < 4.78 is 113. The summed E-state index contributed by atoms with van der Waals surface area (Å²) in [5.41, 5.74) is -3.41. The zero-order valence-electron chi connectivity index (χ0n) is 13.8. The summed E-state index contributed by atoms with van der Waals surface area (Å²) in [6.07, 6.45) is 1.02. The van der Waals surface area contributed by atoms with E-state index >= 15 is 0 Å². The maximum absolute atomic E-state index is 14.3. The Balaban J connectivity index is 0.00000364. The first-order chi connectivity index (χ1) is 11.7. The number of allylic oxidation sites excluding steroid dienone is 3. The molecule has 0 aromatic carbocycles. The molecule has 0 saturated carbocycles. The third-order valence-electron chi connectivity index (χ3n) is 4.45.